The van der Waals surface area contributed by atoms with Crippen LogP contribution < -0.4 is 5.73 Å². The van der Waals surface area contributed by atoms with E-state index in [1.165, 1.54) is 0 Å². The molecule has 4 heteroatoms. The highest BCUT2D eigenvalue weighted by Crippen LogP contribution is 2.30. The Labute approximate surface area is 84.4 Å². The molecule has 0 saturated heterocycles. The molecule has 0 bridgehead atoms. The fraction of sp³-hybridized carbons (Fsp3) is 0. The Hall–Kier alpha value is 0.460. The van der Waals surface area contributed by atoms with Gasteiger partial charge in [-0.25, -0.2) is 0 Å². The molecule has 0 spiro atoms. The van der Waals surface area contributed by atoms with Gasteiger partial charge in [0, 0.05) is 19.1 Å². The van der Waals surface area contributed by atoms with Gasteiger partial charge in [-0.05, 0) is 59.9 Å². The lowest BCUT2D eigenvalue weighted by Gasteiger charge is -2.00. The van der Waals surface area contributed by atoms with Crippen molar-refractivity contribution < 1.29 is 0 Å². The summed E-state index contributed by atoms with van der Waals surface area (Å²) >= 11 is 9.98. The van der Waals surface area contributed by atoms with Crippen molar-refractivity contribution in [2.45, 2.75) is 0 Å². The molecule has 0 heterocycles. The van der Waals surface area contributed by atoms with Crippen LogP contribution in [0.4, 0.5) is 5.69 Å². The van der Waals surface area contributed by atoms with Crippen molar-refractivity contribution in [2.75, 3.05) is 5.73 Å². The summed E-state index contributed by atoms with van der Waals surface area (Å²) in [5, 5.41) is 0. The smallest absolute Gasteiger partial charge is 0.0470 e. The Morgan fingerprint density at radius 3 is 1.90 bits per heavy atom. The second-order valence-corrected chi connectivity index (χ2v) is 4.35. The van der Waals surface area contributed by atoms with Crippen molar-refractivity contribution in [2.24, 2.45) is 0 Å². The quantitative estimate of drug-likeness (QED) is 0.571. The van der Waals surface area contributed by atoms with Crippen LogP contribution in [0.25, 0.3) is 0 Å². The first-order chi connectivity index (χ1) is 4.61. The highest BCUT2D eigenvalue weighted by Gasteiger charge is 2.00. The lowest BCUT2D eigenvalue weighted by molar-refractivity contribution is 1.54. The normalized spacial score (nSPS) is 9.90. The molecule has 1 rings (SSSR count). The molecule has 0 aliphatic heterocycles. The molecule has 0 aliphatic rings. The van der Waals surface area contributed by atoms with Crippen molar-refractivity contribution in [3.63, 3.8) is 0 Å². The number of nitrogen functional groups attached to an aromatic ring is 1. The Morgan fingerprint density at radius 2 is 1.40 bits per heavy atom. The van der Waals surface area contributed by atoms with Gasteiger partial charge in [-0.1, -0.05) is 0 Å². The van der Waals surface area contributed by atoms with Crippen molar-refractivity contribution in [3.8, 4) is 0 Å². The molecule has 0 aliphatic carbocycles. The van der Waals surface area contributed by atoms with Crippen LogP contribution in [0.1, 0.15) is 0 Å². The third-order valence-corrected chi connectivity index (χ3v) is 3.57. The van der Waals surface area contributed by atoms with E-state index < -0.39 is 0 Å². The zero-order valence-corrected chi connectivity index (χ0v) is 9.62. The highest BCUT2D eigenvalue weighted by molar-refractivity contribution is 9.13. The van der Waals surface area contributed by atoms with E-state index in [1.807, 2.05) is 12.1 Å². The van der Waals surface area contributed by atoms with Gasteiger partial charge in [-0.3, -0.25) is 0 Å². The molecule has 1 aromatic carbocycles. The minimum atomic E-state index is 0.732. The fourth-order valence-electron chi connectivity index (χ4n) is 0.538. The van der Waals surface area contributed by atoms with E-state index in [9.17, 15) is 0 Å². The first kappa shape index (κ1) is 8.56. The molecule has 10 heavy (non-hydrogen) atoms. The Balaban J connectivity index is 3.28. The molecule has 2 N–H and O–H groups in total. The van der Waals surface area contributed by atoms with Crippen LogP contribution in [0.5, 0.6) is 0 Å². The summed E-state index contributed by atoms with van der Waals surface area (Å²) in [6.45, 7) is 0. The first-order valence-corrected chi connectivity index (χ1v) is 4.89. The van der Waals surface area contributed by atoms with Crippen molar-refractivity contribution in [1.29, 1.82) is 0 Å². The molecule has 0 atom stereocenters. The average Bonchev–Trinajstić information content (AvgIpc) is 1.84. The SMILES string of the molecule is Nc1cc(Br)c(Br)cc1Br. The van der Waals surface area contributed by atoms with Crippen LogP contribution in [-0.2, 0) is 0 Å². The first-order valence-electron chi connectivity index (χ1n) is 2.51. The van der Waals surface area contributed by atoms with E-state index in [4.69, 9.17) is 5.73 Å². The number of hydrogen-bond donors (Lipinski definition) is 1. The van der Waals surface area contributed by atoms with Gasteiger partial charge in [0.15, 0.2) is 0 Å². The van der Waals surface area contributed by atoms with Crippen molar-refractivity contribution in [3.05, 3.63) is 25.6 Å². The van der Waals surface area contributed by atoms with E-state index in [1.54, 1.807) is 0 Å². The largest absolute Gasteiger partial charge is 0.398 e. The van der Waals surface area contributed by atoms with E-state index in [0.29, 0.717) is 0 Å². The molecule has 0 fully saturated rings. The second-order valence-electron chi connectivity index (χ2n) is 1.79. The number of anilines is 1. The summed E-state index contributed by atoms with van der Waals surface area (Å²) in [6.07, 6.45) is 0. The third-order valence-electron chi connectivity index (χ3n) is 1.04. The molecule has 1 nitrogen and oxygen atoms in total. The average molecular weight is 330 g/mol. The van der Waals surface area contributed by atoms with Crippen LogP contribution >= 0.6 is 47.8 Å². The summed E-state index contributed by atoms with van der Waals surface area (Å²) < 4.78 is 2.87. The molecule has 54 valence electrons. The van der Waals surface area contributed by atoms with Crippen LogP contribution in [0.3, 0.4) is 0 Å². The molecular weight excluding hydrogens is 326 g/mol. The van der Waals surface area contributed by atoms with Crippen LogP contribution in [0, 0.1) is 0 Å². The van der Waals surface area contributed by atoms with E-state index in [-0.39, 0.29) is 0 Å². The van der Waals surface area contributed by atoms with Gasteiger partial charge in [-0.15, -0.1) is 0 Å². The Morgan fingerprint density at radius 1 is 0.900 bits per heavy atom. The number of halogens is 3. The number of benzene rings is 1. The summed E-state index contributed by atoms with van der Waals surface area (Å²) in [7, 11) is 0. The zero-order valence-electron chi connectivity index (χ0n) is 4.87. The number of rotatable bonds is 0. The van der Waals surface area contributed by atoms with Gasteiger partial charge in [0.25, 0.3) is 0 Å². The molecule has 0 unspecified atom stereocenters. The van der Waals surface area contributed by atoms with E-state index in [0.717, 1.165) is 19.1 Å². The number of hydrogen-bond acceptors (Lipinski definition) is 1. The van der Waals surface area contributed by atoms with Gasteiger partial charge in [0.05, 0.1) is 0 Å². The summed E-state index contributed by atoms with van der Waals surface area (Å²) in [4.78, 5) is 0. The third kappa shape index (κ3) is 1.74. The van der Waals surface area contributed by atoms with E-state index >= 15 is 0 Å². The maximum Gasteiger partial charge on any atom is 0.0470 e. The van der Waals surface area contributed by atoms with Gasteiger partial charge >= 0.3 is 0 Å². The second kappa shape index (κ2) is 3.24. The maximum atomic E-state index is 5.59. The number of nitrogens with two attached hydrogens (primary N) is 1. The predicted octanol–water partition coefficient (Wildman–Crippen LogP) is 3.56. The lowest BCUT2D eigenvalue weighted by atomic mass is 10.3. The maximum absolute atomic E-state index is 5.59. The predicted molar refractivity (Wildman–Crippen MR) is 54.0 cm³/mol. The van der Waals surface area contributed by atoms with Crippen LogP contribution in [0.2, 0.25) is 0 Å². The fourth-order valence-corrected chi connectivity index (χ4v) is 1.89. The highest BCUT2D eigenvalue weighted by atomic mass is 79.9. The summed E-state index contributed by atoms with van der Waals surface area (Å²) in [5.41, 5.74) is 6.32. The molecule has 0 saturated carbocycles. The Bertz CT molecular complexity index is 209. The Kier molecular flexibility index (Phi) is 2.77. The molecule has 0 aromatic heterocycles. The molecule has 0 radical (unpaired) electrons. The van der Waals surface area contributed by atoms with Crippen LogP contribution in [-0.4, -0.2) is 0 Å². The van der Waals surface area contributed by atoms with Crippen LogP contribution in [0.15, 0.2) is 25.6 Å². The molecule has 0 amide bonds. The lowest BCUT2D eigenvalue weighted by Crippen LogP contribution is -1.85. The molecular formula is C6H4Br3N. The van der Waals surface area contributed by atoms with E-state index in [2.05, 4.69) is 47.8 Å². The van der Waals surface area contributed by atoms with Gasteiger partial charge < -0.3 is 5.73 Å². The van der Waals surface area contributed by atoms with Gasteiger partial charge in [0.1, 0.15) is 0 Å². The minimum Gasteiger partial charge on any atom is -0.398 e. The summed E-state index contributed by atoms with van der Waals surface area (Å²) in [5.74, 6) is 0. The topological polar surface area (TPSA) is 26.0 Å². The van der Waals surface area contributed by atoms with Gasteiger partial charge in [-0.2, -0.15) is 0 Å². The standard InChI is InChI=1S/C6H4Br3N/c7-3-1-5(9)6(10)2-4(3)8/h1-2H,10H2. The molecule has 1 aromatic rings. The summed E-state index contributed by atoms with van der Waals surface area (Å²) in [6, 6.07) is 3.74. The monoisotopic (exact) mass is 327 g/mol. The van der Waals surface area contributed by atoms with Crippen molar-refractivity contribution in [1.82, 2.24) is 0 Å². The van der Waals surface area contributed by atoms with Crippen molar-refractivity contribution >= 4 is 53.5 Å². The van der Waals surface area contributed by atoms with Gasteiger partial charge in [0.2, 0.25) is 0 Å². The minimum absolute atomic E-state index is 0.732. The zero-order chi connectivity index (χ0) is 7.72.